The molecule has 0 unspecified atom stereocenters. The van der Waals surface area contributed by atoms with Gasteiger partial charge in [-0.05, 0) is 54.8 Å². The Labute approximate surface area is 140 Å². The van der Waals surface area contributed by atoms with E-state index in [2.05, 4.69) is 5.32 Å². The maximum atomic E-state index is 12.4. The summed E-state index contributed by atoms with van der Waals surface area (Å²) in [7, 11) is 1.43. The SMILES string of the molecule is COc1cc(/C=C(/C#N)C(=O)Nc2cc(C)ccc2C)ccc1O. The molecule has 0 saturated heterocycles. The third kappa shape index (κ3) is 3.93. The molecule has 1 amide bonds. The Hall–Kier alpha value is -3.26. The second kappa shape index (κ2) is 7.34. The van der Waals surface area contributed by atoms with E-state index >= 15 is 0 Å². The van der Waals surface area contributed by atoms with Crippen LogP contribution in [0.4, 0.5) is 5.69 Å². The van der Waals surface area contributed by atoms with Crippen LogP contribution < -0.4 is 10.1 Å². The molecule has 5 heteroatoms. The van der Waals surface area contributed by atoms with Crippen LogP contribution in [0.5, 0.6) is 11.5 Å². The number of aromatic hydroxyl groups is 1. The first-order valence-electron chi connectivity index (χ1n) is 7.32. The van der Waals surface area contributed by atoms with Crippen LogP contribution in [-0.4, -0.2) is 18.1 Å². The number of hydrogen-bond donors (Lipinski definition) is 2. The number of rotatable bonds is 4. The molecular weight excluding hydrogens is 304 g/mol. The zero-order valence-corrected chi connectivity index (χ0v) is 13.8. The van der Waals surface area contributed by atoms with Crippen molar-refractivity contribution in [1.29, 1.82) is 5.26 Å². The van der Waals surface area contributed by atoms with Crippen molar-refractivity contribution in [3.63, 3.8) is 0 Å². The first-order chi connectivity index (χ1) is 11.4. The van der Waals surface area contributed by atoms with Crippen LogP contribution in [0.25, 0.3) is 6.08 Å². The number of carbonyl (C=O) groups excluding carboxylic acids is 1. The van der Waals surface area contributed by atoms with Gasteiger partial charge < -0.3 is 15.2 Å². The average Bonchev–Trinajstić information content (AvgIpc) is 2.57. The van der Waals surface area contributed by atoms with Crippen molar-refractivity contribution in [2.75, 3.05) is 12.4 Å². The molecule has 2 N–H and O–H groups in total. The number of anilines is 1. The topological polar surface area (TPSA) is 82.3 Å². The summed E-state index contributed by atoms with van der Waals surface area (Å²) in [5.74, 6) is -0.220. The Morgan fingerprint density at radius 2 is 2.00 bits per heavy atom. The van der Waals surface area contributed by atoms with Gasteiger partial charge in [-0.1, -0.05) is 18.2 Å². The number of ether oxygens (including phenoxy) is 1. The number of methoxy groups -OCH3 is 1. The lowest BCUT2D eigenvalue weighted by Gasteiger charge is -2.09. The number of phenolic OH excluding ortho intramolecular Hbond substituents is 1. The minimum atomic E-state index is -0.488. The first-order valence-corrected chi connectivity index (χ1v) is 7.32. The van der Waals surface area contributed by atoms with Gasteiger partial charge >= 0.3 is 0 Å². The van der Waals surface area contributed by atoms with E-state index in [-0.39, 0.29) is 17.1 Å². The summed E-state index contributed by atoms with van der Waals surface area (Å²) in [4.78, 5) is 12.4. The fourth-order valence-corrected chi connectivity index (χ4v) is 2.16. The lowest BCUT2D eigenvalue weighted by atomic mass is 10.1. The van der Waals surface area contributed by atoms with E-state index in [4.69, 9.17) is 4.74 Å². The Morgan fingerprint density at radius 3 is 2.67 bits per heavy atom. The molecule has 0 heterocycles. The molecule has 0 aliphatic rings. The molecule has 0 aliphatic carbocycles. The van der Waals surface area contributed by atoms with Gasteiger partial charge in [0.1, 0.15) is 11.6 Å². The summed E-state index contributed by atoms with van der Waals surface area (Å²) in [5, 5.41) is 21.6. The maximum Gasteiger partial charge on any atom is 0.266 e. The van der Waals surface area contributed by atoms with Gasteiger partial charge in [0.15, 0.2) is 11.5 Å². The number of phenols is 1. The molecule has 0 bridgehead atoms. The molecule has 2 rings (SSSR count). The first kappa shape index (κ1) is 17.1. The molecule has 24 heavy (non-hydrogen) atoms. The highest BCUT2D eigenvalue weighted by Gasteiger charge is 2.12. The van der Waals surface area contributed by atoms with Crippen LogP contribution in [0, 0.1) is 25.2 Å². The molecule has 2 aromatic carbocycles. The molecule has 0 radical (unpaired) electrons. The molecular formula is C19H18N2O3. The van der Waals surface area contributed by atoms with Crippen molar-refractivity contribution in [1.82, 2.24) is 0 Å². The smallest absolute Gasteiger partial charge is 0.266 e. The van der Waals surface area contributed by atoms with Crippen molar-refractivity contribution in [3.8, 4) is 17.6 Å². The molecule has 0 spiro atoms. The van der Waals surface area contributed by atoms with E-state index in [0.717, 1.165) is 11.1 Å². The predicted octanol–water partition coefficient (Wildman–Crippen LogP) is 3.56. The number of benzene rings is 2. The summed E-state index contributed by atoms with van der Waals surface area (Å²) in [6.45, 7) is 3.81. The Balaban J connectivity index is 2.29. The molecule has 0 saturated carbocycles. The number of nitrogens with one attached hydrogen (secondary N) is 1. The van der Waals surface area contributed by atoms with Gasteiger partial charge in [-0.15, -0.1) is 0 Å². The van der Waals surface area contributed by atoms with E-state index in [9.17, 15) is 15.2 Å². The highest BCUT2D eigenvalue weighted by atomic mass is 16.5. The molecule has 0 atom stereocenters. The Morgan fingerprint density at radius 1 is 1.25 bits per heavy atom. The second-order valence-electron chi connectivity index (χ2n) is 5.37. The molecule has 0 fully saturated rings. The lowest BCUT2D eigenvalue weighted by molar-refractivity contribution is -0.112. The Kier molecular flexibility index (Phi) is 5.23. The van der Waals surface area contributed by atoms with E-state index in [1.807, 2.05) is 38.1 Å². The molecule has 5 nitrogen and oxygen atoms in total. The summed E-state index contributed by atoms with van der Waals surface area (Å²) < 4.78 is 5.02. The molecule has 122 valence electrons. The van der Waals surface area contributed by atoms with Gasteiger partial charge in [-0.2, -0.15) is 5.26 Å². The lowest BCUT2D eigenvalue weighted by Crippen LogP contribution is -2.14. The van der Waals surface area contributed by atoms with E-state index in [1.54, 1.807) is 12.1 Å². The predicted molar refractivity (Wildman–Crippen MR) is 92.8 cm³/mol. The third-order valence-electron chi connectivity index (χ3n) is 3.52. The summed E-state index contributed by atoms with van der Waals surface area (Å²) in [6, 6.07) is 12.2. The zero-order valence-electron chi connectivity index (χ0n) is 13.8. The highest BCUT2D eigenvalue weighted by molar-refractivity contribution is 6.10. The highest BCUT2D eigenvalue weighted by Crippen LogP contribution is 2.27. The number of carbonyl (C=O) groups is 1. The Bertz CT molecular complexity index is 848. The normalized spacial score (nSPS) is 10.8. The summed E-state index contributed by atoms with van der Waals surface area (Å²) in [6.07, 6.45) is 1.45. The quantitative estimate of drug-likeness (QED) is 0.666. The molecule has 0 aromatic heterocycles. The van der Waals surface area contributed by atoms with Gasteiger partial charge in [-0.3, -0.25) is 4.79 Å². The average molecular weight is 322 g/mol. The second-order valence-corrected chi connectivity index (χ2v) is 5.37. The largest absolute Gasteiger partial charge is 0.504 e. The number of amides is 1. The number of nitrogens with zero attached hydrogens (tertiary/aromatic N) is 1. The van der Waals surface area contributed by atoms with Crippen molar-refractivity contribution in [3.05, 3.63) is 58.7 Å². The van der Waals surface area contributed by atoms with Gasteiger partial charge in [0.05, 0.1) is 7.11 Å². The van der Waals surface area contributed by atoms with Gasteiger partial charge in [-0.25, -0.2) is 0 Å². The van der Waals surface area contributed by atoms with Crippen LogP contribution in [0.1, 0.15) is 16.7 Å². The minimum absolute atomic E-state index is 0.00649. The van der Waals surface area contributed by atoms with Crippen molar-refractivity contribution in [2.24, 2.45) is 0 Å². The summed E-state index contributed by atoms with van der Waals surface area (Å²) >= 11 is 0. The third-order valence-corrected chi connectivity index (χ3v) is 3.52. The van der Waals surface area contributed by atoms with Gasteiger partial charge in [0, 0.05) is 5.69 Å². The van der Waals surface area contributed by atoms with Crippen molar-refractivity contribution >= 4 is 17.7 Å². The fraction of sp³-hybridized carbons (Fsp3) is 0.158. The van der Waals surface area contributed by atoms with Crippen LogP contribution in [0.2, 0.25) is 0 Å². The summed E-state index contributed by atoms with van der Waals surface area (Å²) in [5.41, 5.74) is 3.14. The number of nitriles is 1. The standard InChI is InChI=1S/C19H18N2O3/c1-12-4-5-13(2)16(8-12)21-19(23)15(11-20)9-14-6-7-17(22)18(10-14)24-3/h4-10,22H,1-3H3,(H,21,23)/b15-9-. The monoisotopic (exact) mass is 322 g/mol. The van der Waals surface area contributed by atoms with Crippen molar-refractivity contribution in [2.45, 2.75) is 13.8 Å². The fourth-order valence-electron chi connectivity index (χ4n) is 2.16. The maximum absolute atomic E-state index is 12.4. The molecule has 2 aromatic rings. The zero-order chi connectivity index (χ0) is 17.7. The van der Waals surface area contributed by atoms with E-state index in [1.165, 1.54) is 19.3 Å². The van der Waals surface area contributed by atoms with Crippen LogP contribution >= 0.6 is 0 Å². The van der Waals surface area contributed by atoms with Crippen molar-refractivity contribution < 1.29 is 14.6 Å². The van der Waals surface area contributed by atoms with Gasteiger partial charge in [0.2, 0.25) is 0 Å². The van der Waals surface area contributed by atoms with Crippen LogP contribution in [0.15, 0.2) is 42.0 Å². The minimum Gasteiger partial charge on any atom is -0.504 e. The van der Waals surface area contributed by atoms with E-state index in [0.29, 0.717) is 11.3 Å². The number of hydrogen-bond acceptors (Lipinski definition) is 4. The number of aryl methyl sites for hydroxylation is 2. The van der Waals surface area contributed by atoms with Gasteiger partial charge in [0.25, 0.3) is 5.91 Å². The molecule has 0 aliphatic heterocycles. The van der Waals surface area contributed by atoms with Crippen LogP contribution in [-0.2, 0) is 4.79 Å². The van der Waals surface area contributed by atoms with E-state index < -0.39 is 5.91 Å². The van der Waals surface area contributed by atoms with Crippen LogP contribution in [0.3, 0.4) is 0 Å².